The summed E-state index contributed by atoms with van der Waals surface area (Å²) in [5.74, 6) is -3.06. The third kappa shape index (κ3) is 1.95. The van der Waals surface area contributed by atoms with E-state index in [9.17, 15) is 18.0 Å². The van der Waals surface area contributed by atoms with Gasteiger partial charge in [0.15, 0.2) is 0 Å². The van der Waals surface area contributed by atoms with Crippen molar-refractivity contribution in [3.05, 3.63) is 30.2 Å². The Labute approximate surface area is 76.4 Å². The maximum atomic E-state index is 12.0. The van der Waals surface area contributed by atoms with Gasteiger partial charge in [-0.2, -0.15) is 13.2 Å². The summed E-state index contributed by atoms with van der Waals surface area (Å²) in [5, 5.41) is 8.41. The summed E-state index contributed by atoms with van der Waals surface area (Å²) in [7, 11) is 0. The maximum Gasteiger partial charge on any atom is 0.449 e. The fourth-order valence-electron chi connectivity index (χ4n) is 0.758. The fraction of sp³-hybridized carbons (Fsp3) is 0.125. The molecule has 0 amide bonds. The van der Waals surface area contributed by atoms with Crippen molar-refractivity contribution >= 4 is 11.5 Å². The summed E-state index contributed by atoms with van der Waals surface area (Å²) in [6, 6.07) is 1.57. The van der Waals surface area contributed by atoms with E-state index in [1.54, 1.807) is 0 Å². The SMILES string of the molecule is C=C(C(=O)O)c1ccc(C(F)(F)F)o1. The average Bonchev–Trinajstić information content (AvgIpc) is 2.49. The van der Waals surface area contributed by atoms with E-state index >= 15 is 0 Å². The van der Waals surface area contributed by atoms with Crippen molar-refractivity contribution in [3.63, 3.8) is 0 Å². The van der Waals surface area contributed by atoms with Crippen molar-refractivity contribution in [2.45, 2.75) is 6.18 Å². The minimum absolute atomic E-state index is 0.398. The molecule has 0 fully saturated rings. The molecule has 0 atom stereocenters. The Morgan fingerprint density at radius 1 is 1.43 bits per heavy atom. The molecule has 1 rings (SSSR count). The molecule has 0 aromatic carbocycles. The van der Waals surface area contributed by atoms with Crippen LogP contribution in [0.4, 0.5) is 13.2 Å². The second-order valence-electron chi connectivity index (χ2n) is 2.45. The third-order valence-corrected chi connectivity index (χ3v) is 1.44. The largest absolute Gasteiger partial charge is 0.478 e. The van der Waals surface area contributed by atoms with Crippen LogP contribution in [0.5, 0.6) is 0 Å². The highest BCUT2D eigenvalue weighted by Gasteiger charge is 2.35. The first-order valence-electron chi connectivity index (χ1n) is 3.42. The summed E-state index contributed by atoms with van der Waals surface area (Å²) in [6.07, 6.45) is -4.61. The Morgan fingerprint density at radius 2 is 2.00 bits per heavy atom. The third-order valence-electron chi connectivity index (χ3n) is 1.44. The van der Waals surface area contributed by atoms with E-state index in [0.717, 1.165) is 6.07 Å². The lowest BCUT2D eigenvalue weighted by Crippen LogP contribution is -2.02. The number of hydrogen-bond donors (Lipinski definition) is 1. The molecule has 0 unspecified atom stereocenters. The highest BCUT2D eigenvalue weighted by molar-refractivity contribution is 6.13. The predicted octanol–water partition coefficient (Wildman–Crippen LogP) is 2.40. The summed E-state index contributed by atoms with van der Waals surface area (Å²) in [5.41, 5.74) is -0.513. The molecule has 0 aliphatic heterocycles. The molecule has 6 heteroatoms. The van der Waals surface area contributed by atoms with Crippen LogP contribution in [0.15, 0.2) is 23.1 Å². The number of hydrogen-bond acceptors (Lipinski definition) is 2. The summed E-state index contributed by atoms with van der Waals surface area (Å²) in [6.45, 7) is 3.06. The van der Waals surface area contributed by atoms with Crippen LogP contribution in [0, 0.1) is 0 Å². The molecule has 1 heterocycles. The van der Waals surface area contributed by atoms with Gasteiger partial charge in [0.2, 0.25) is 5.76 Å². The van der Waals surface area contributed by atoms with Crippen molar-refractivity contribution in [3.8, 4) is 0 Å². The van der Waals surface area contributed by atoms with E-state index in [1.165, 1.54) is 0 Å². The fourth-order valence-corrected chi connectivity index (χ4v) is 0.758. The van der Waals surface area contributed by atoms with Gasteiger partial charge in [-0.05, 0) is 12.1 Å². The zero-order valence-corrected chi connectivity index (χ0v) is 6.76. The monoisotopic (exact) mass is 206 g/mol. The normalized spacial score (nSPS) is 11.4. The van der Waals surface area contributed by atoms with Crippen molar-refractivity contribution in [1.29, 1.82) is 0 Å². The van der Waals surface area contributed by atoms with Gasteiger partial charge in [-0.15, -0.1) is 0 Å². The van der Waals surface area contributed by atoms with Gasteiger partial charge >= 0.3 is 12.1 Å². The molecular weight excluding hydrogens is 201 g/mol. The van der Waals surface area contributed by atoms with Gasteiger partial charge in [0.25, 0.3) is 0 Å². The van der Waals surface area contributed by atoms with Crippen molar-refractivity contribution in [2.24, 2.45) is 0 Å². The average molecular weight is 206 g/mol. The Morgan fingerprint density at radius 3 is 2.36 bits per heavy atom. The highest BCUT2D eigenvalue weighted by Crippen LogP contribution is 2.31. The number of furan rings is 1. The first kappa shape index (κ1) is 10.4. The van der Waals surface area contributed by atoms with Crippen molar-refractivity contribution in [1.82, 2.24) is 0 Å². The topological polar surface area (TPSA) is 50.4 Å². The smallest absolute Gasteiger partial charge is 0.449 e. The zero-order valence-electron chi connectivity index (χ0n) is 6.76. The van der Waals surface area contributed by atoms with E-state index in [2.05, 4.69) is 11.0 Å². The number of carboxylic acid groups (broad SMARTS) is 1. The first-order valence-corrected chi connectivity index (χ1v) is 3.42. The van der Waals surface area contributed by atoms with E-state index in [4.69, 9.17) is 5.11 Å². The zero-order chi connectivity index (χ0) is 10.9. The number of halogens is 3. The summed E-state index contributed by atoms with van der Waals surface area (Å²) in [4.78, 5) is 10.3. The van der Waals surface area contributed by atoms with Crippen LogP contribution in [0.1, 0.15) is 11.5 Å². The molecule has 0 aliphatic rings. The van der Waals surface area contributed by atoms with E-state index in [0.29, 0.717) is 6.07 Å². The standard InChI is InChI=1S/C8H5F3O3/c1-4(7(12)13)5-2-3-6(14-5)8(9,10)11/h2-3H,1H2,(H,12,13). The molecule has 3 nitrogen and oxygen atoms in total. The number of carbonyl (C=O) groups is 1. The lowest BCUT2D eigenvalue weighted by atomic mass is 10.2. The van der Waals surface area contributed by atoms with Gasteiger partial charge in [0.05, 0.1) is 5.57 Å². The molecule has 1 aromatic heterocycles. The quantitative estimate of drug-likeness (QED) is 0.756. The second-order valence-corrected chi connectivity index (χ2v) is 2.45. The van der Waals surface area contributed by atoms with Crippen LogP contribution >= 0.6 is 0 Å². The molecule has 0 radical (unpaired) electrons. The Kier molecular flexibility index (Phi) is 2.37. The van der Waals surface area contributed by atoms with E-state index in [-0.39, 0.29) is 0 Å². The molecule has 1 N–H and O–H groups in total. The molecule has 1 aromatic rings. The Hall–Kier alpha value is -1.72. The molecular formula is C8H5F3O3. The van der Waals surface area contributed by atoms with E-state index < -0.39 is 29.2 Å². The van der Waals surface area contributed by atoms with Crippen LogP contribution in [0.3, 0.4) is 0 Å². The van der Waals surface area contributed by atoms with Crippen LogP contribution in [0.25, 0.3) is 5.57 Å². The van der Waals surface area contributed by atoms with Gasteiger partial charge in [-0.3, -0.25) is 0 Å². The minimum Gasteiger partial charge on any atom is -0.478 e. The lowest BCUT2D eigenvalue weighted by Gasteiger charge is -2.00. The number of carboxylic acids is 1. The maximum absolute atomic E-state index is 12.0. The molecule has 0 bridgehead atoms. The van der Waals surface area contributed by atoms with Gasteiger partial charge in [-0.25, -0.2) is 4.79 Å². The molecule has 14 heavy (non-hydrogen) atoms. The molecule has 0 aliphatic carbocycles. The second kappa shape index (κ2) is 3.21. The molecule has 76 valence electrons. The van der Waals surface area contributed by atoms with Crippen LogP contribution in [-0.4, -0.2) is 11.1 Å². The van der Waals surface area contributed by atoms with Crippen LogP contribution < -0.4 is 0 Å². The van der Waals surface area contributed by atoms with Gasteiger partial charge in [0, 0.05) is 0 Å². The van der Waals surface area contributed by atoms with Crippen LogP contribution in [0.2, 0.25) is 0 Å². The Bertz CT molecular complexity index is 375. The van der Waals surface area contributed by atoms with Gasteiger partial charge in [-0.1, -0.05) is 6.58 Å². The lowest BCUT2D eigenvalue weighted by molar-refractivity contribution is -0.153. The summed E-state index contributed by atoms with van der Waals surface area (Å²) < 4.78 is 40.3. The first-order chi connectivity index (χ1) is 6.32. The van der Waals surface area contributed by atoms with Crippen LogP contribution in [-0.2, 0) is 11.0 Å². The summed E-state index contributed by atoms with van der Waals surface area (Å²) >= 11 is 0. The van der Waals surface area contributed by atoms with Gasteiger partial charge < -0.3 is 9.52 Å². The Balaban J connectivity index is 3.00. The highest BCUT2D eigenvalue weighted by atomic mass is 19.4. The van der Waals surface area contributed by atoms with Crippen molar-refractivity contribution < 1.29 is 27.5 Å². The van der Waals surface area contributed by atoms with Crippen molar-refractivity contribution in [2.75, 3.05) is 0 Å². The minimum atomic E-state index is -4.61. The predicted molar refractivity (Wildman–Crippen MR) is 40.4 cm³/mol. The number of rotatable bonds is 2. The van der Waals surface area contributed by atoms with E-state index in [1.807, 2.05) is 0 Å². The van der Waals surface area contributed by atoms with Gasteiger partial charge in [0.1, 0.15) is 5.76 Å². The number of alkyl halides is 3. The molecule has 0 saturated carbocycles. The molecule has 0 spiro atoms. The molecule has 0 saturated heterocycles. The number of aliphatic carboxylic acids is 1.